The van der Waals surface area contributed by atoms with Crippen LogP contribution in [-0.4, -0.2) is 56.3 Å². The molecule has 0 radical (unpaired) electrons. The second-order valence-corrected chi connectivity index (χ2v) is 7.56. The summed E-state index contributed by atoms with van der Waals surface area (Å²) in [5.41, 5.74) is 0.975. The molecule has 0 bridgehead atoms. The Bertz CT molecular complexity index is 666. The predicted octanol–water partition coefficient (Wildman–Crippen LogP) is 2.39. The summed E-state index contributed by atoms with van der Waals surface area (Å²) in [6.45, 7) is 8.85. The zero-order valence-corrected chi connectivity index (χ0v) is 17.7. The van der Waals surface area contributed by atoms with E-state index in [-0.39, 0.29) is 17.7 Å². The number of ether oxygens (including phenoxy) is 2. The molecular formula is C20H31N3O3S. The van der Waals surface area contributed by atoms with Crippen molar-refractivity contribution in [3.8, 4) is 11.5 Å². The smallest absolute Gasteiger partial charge is 0.225 e. The molecule has 0 unspecified atom stereocenters. The van der Waals surface area contributed by atoms with Gasteiger partial charge in [-0.2, -0.15) is 0 Å². The highest BCUT2D eigenvalue weighted by atomic mass is 32.1. The molecule has 150 valence electrons. The number of benzene rings is 1. The topological polar surface area (TPSA) is 62.8 Å². The first-order chi connectivity index (χ1) is 12.9. The van der Waals surface area contributed by atoms with Crippen molar-refractivity contribution in [2.24, 2.45) is 11.8 Å². The zero-order chi connectivity index (χ0) is 20.0. The summed E-state index contributed by atoms with van der Waals surface area (Å²) < 4.78 is 11.1. The number of hydrogen-bond donors (Lipinski definition) is 2. The summed E-state index contributed by atoms with van der Waals surface area (Å²) in [6, 6.07) is 5.81. The second-order valence-electron chi connectivity index (χ2n) is 7.18. The van der Waals surface area contributed by atoms with E-state index in [1.54, 1.807) is 14.2 Å². The Morgan fingerprint density at radius 3 is 2.59 bits per heavy atom. The van der Waals surface area contributed by atoms with E-state index in [9.17, 15) is 4.79 Å². The van der Waals surface area contributed by atoms with Crippen LogP contribution in [0.5, 0.6) is 11.5 Å². The quantitative estimate of drug-likeness (QED) is 0.694. The van der Waals surface area contributed by atoms with E-state index in [1.807, 2.05) is 25.1 Å². The van der Waals surface area contributed by atoms with Gasteiger partial charge in [0.15, 0.2) is 16.6 Å². The number of thiocarbonyl (C=S) groups is 1. The molecule has 2 N–H and O–H groups in total. The molecule has 27 heavy (non-hydrogen) atoms. The van der Waals surface area contributed by atoms with Crippen molar-refractivity contribution in [3.63, 3.8) is 0 Å². The van der Waals surface area contributed by atoms with Crippen LogP contribution in [0.15, 0.2) is 18.2 Å². The van der Waals surface area contributed by atoms with Crippen LogP contribution in [0.25, 0.3) is 0 Å². The molecule has 1 aromatic carbocycles. The van der Waals surface area contributed by atoms with Crippen molar-refractivity contribution >= 4 is 23.2 Å². The molecule has 1 aliphatic heterocycles. The van der Waals surface area contributed by atoms with Crippen LogP contribution >= 0.6 is 12.2 Å². The maximum Gasteiger partial charge on any atom is 0.225 e. The van der Waals surface area contributed by atoms with Crippen molar-refractivity contribution < 1.29 is 14.3 Å². The molecule has 0 aromatic heterocycles. The molecule has 1 fully saturated rings. The number of methoxy groups -OCH3 is 2. The number of nitrogens with one attached hydrogen (secondary N) is 2. The Balaban J connectivity index is 2.34. The highest BCUT2D eigenvalue weighted by Crippen LogP contribution is 2.41. The molecule has 1 amide bonds. The minimum Gasteiger partial charge on any atom is -0.493 e. The van der Waals surface area contributed by atoms with Gasteiger partial charge in [0.25, 0.3) is 0 Å². The molecule has 1 saturated heterocycles. The largest absolute Gasteiger partial charge is 0.493 e. The van der Waals surface area contributed by atoms with Crippen LogP contribution < -0.4 is 20.1 Å². The highest BCUT2D eigenvalue weighted by molar-refractivity contribution is 7.80. The molecule has 1 aromatic rings. The number of nitrogens with zero attached hydrogens (tertiary/aromatic N) is 1. The Kier molecular flexibility index (Phi) is 7.71. The van der Waals surface area contributed by atoms with Crippen LogP contribution in [0.4, 0.5) is 0 Å². The summed E-state index contributed by atoms with van der Waals surface area (Å²) >= 11 is 5.50. The lowest BCUT2D eigenvalue weighted by Gasteiger charge is -2.22. The highest BCUT2D eigenvalue weighted by Gasteiger charge is 2.41. The van der Waals surface area contributed by atoms with Gasteiger partial charge < -0.3 is 25.0 Å². The third kappa shape index (κ3) is 5.03. The van der Waals surface area contributed by atoms with Crippen molar-refractivity contribution in [2.75, 3.05) is 40.4 Å². The average molecular weight is 394 g/mol. The number of likely N-dealkylation sites (tertiary alicyclic amines) is 1. The van der Waals surface area contributed by atoms with Crippen molar-refractivity contribution in [1.82, 2.24) is 15.5 Å². The standard InChI is InChI=1S/C20H31N3O3S/c1-6-21-20(27)23-11-15(16(12-23)19(24)22-10-13(2)3)14-8-7-9-17(25-4)18(14)26-5/h7-9,13,15-16H,6,10-12H2,1-5H3,(H,21,27)(H,22,24)/t15-,16+/m0/s1. The first-order valence-electron chi connectivity index (χ1n) is 9.44. The fourth-order valence-electron chi connectivity index (χ4n) is 3.45. The fourth-order valence-corrected chi connectivity index (χ4v) is 3.75. The van der Waals surface area contributed by atoms with E-state index in [2.05, 4.69) is 29.4 Å². The van der Waals surface area contributed by atoms with E-state index < -0.39 is 0 Å². The Hall–Kier alpha value is -2.02. The van der Waals surface area contributed by atoms with Crippen molar-refractivity contribution in [1.29, 1.82) is 0 Å². The fraction of sp³-hybridized carbons (Fsp3) is 0.600. The van der Waals surface area contributed by atoms with Crippen molar-refractivity contribution in [3.05, 3.63) is 23.8 Å². The molecule has 1 aliphatic rings. The van der Waals surface area contributed by atoms with Gasteiger partial charge >= 0.3 is 0 Å². The number of carbonyl (C=O) groups excluding carboxylic acids is 1. The van der Waals surface area contributed by atoms with E-state index in [0.717, 1.165) is 12.1 Å². The van der Waals surface area contributed by atoms with Gasteiger partial charge in [0.1, 0.15) is 0 Å². The average Bonchev–Trinajstić information content (AvgIpc) is 3.10. The second kappa shape index (κ2) is 9.78. The first kappa shape index (κ1) is 21.3. The van der Waals surface area contributed by atoms with E-state index in [4.69, 9.17) is 21.7 Å². The third-order valence-corrected chi connectivity index (χ3v) is 5.19. The Morgan fingerprint density at radius 2 is 2.00 bits per heavy atom. The molecule has 0 spiro atoms. The number of amides is 1. The minimum atomic E-state index is -0.207. The lowest BCUT2D eigenvalue weighted by atomic mass is 9.87. The lowest BCUT2D eigenvalue weighted by molar-refractivity contribution is -0.125. The Morgan fingerprint density at radius 1 is 1.26 bits per heavy atom. The van der Waals surface area contributed by atoms with Crippen LogP contribution in [0.3, 0.4) is 0 Å². The van der Waals surface area contributed by atoms with Gasteiger partial charge in [0.2, 0.25) is 5.91 Å². The molecule has 0 aliphatic carbocycles. The van der Waals surface area contributed by atoms with E-state index in [0.29, 0.717) is 42.2 Å². The van der Waals surface area contributed by atoms with Gasteiger partial charge in [0, 0.05) is 37.7 Å². The van der Waals surface area contributed by atoms with Gasteiger partial charge in [-0.25, -0.2) is 0 Å². The molecule has 1 heterocycles. The van der Waals surface area contributed by atoms with Gasteiger partial charge in [-0.1, -0.05) is 26.0 Å². The monoisotopic (exact) mass is 393 g/mol. The normalized spacial score (nSPS) is 19.1. The molecule has 7 heteroatoms. The number of rotatable bonds is 7. The summed E-state index contributed by atoms with van der Waals surface area (Å²) in [6.07, 6.45) is 0. The van der Waals surface area contributed by atoms with Gasteiger partial charge in [-0.3, -0.25) is 4.79 Å². The number of carbonyl (C=O) groups is 1. The molecule has 2 atom stereocenters. The molecule has 2 rings (SSSR count). The molecule has 0 saturated carbocycles. The summed E-state index contributed by atoms with van der Waals surface area (Å²) in [4.78, 5) is 15.0. The van der Waals surface area contributed by atoms with Crippen LogP contribution in [0.1, 0.15) is 32.3 Å². The molecule has 6 nitrogen and oxygen atoms in total. The summed E-state index contributed by atoms with van der Waals surface area (Å²) in [7, 11) is 3.25. The number of para-hydroxylation sites is 1. The van der Waals surface area contributed by atoms with Gasteiger partial charge in [0.05, 0.1) is 20.1 Å². The van der Waals surface area contributed by atoms with Gasteiger partial charge in [-0.05, 0) is 31.1 Å². The minimum absolute atomic E-state index is 0.0289. The van der Waals surface area contributed by atoms with Gasteiger partial charge in [-0.15, -0.1) is 0 Å². The van der Waals surface area contributed by atoms with Crippen LogP contribution in [0.2, 0.25) is 0 Å². The van der Waals surface area contributed by atoms with E-state index in [1.165, 1.54) is 0 Å². The summed E-state index contributed by atoms with van der Waals surface area (Å²) in [5.74, 6) is 1.58. The number of hydrogen-bond acceptors (Lipinski definition) is 4. The van der Waals surface area contributed by atoms with Crippen molar-refractivity contribution in [2.45, 2.75) is 26.7 Å². The molecular weight excluding hydrogens is 362 g/mol. The third-order valence-electron chi connectivity index (χ3n) is 4.79. The van der Waals surface area contributed by atoms with E-state index >= 15 is 0 Å². The first-order valence-corrected chi connectivity index (χ1v) is 9.85. The maximum atomic E-state index is 12.9. The lowest BCUT2D eigenvalue weighted by Crippen LogP contribution is -2.40. The van der Waals surface area contributed by atoms with Crippen LogP contribution in [0, 0.1) is 11.8 Å². The Labute approximate surface area is 167 Å². The SMILES string of the molecule is CCNC(=S)N1C[C@@H](C(=O)NCC(C)C)[C@H](c2cccc(OC)c2OC)C1. The predicted molar refractivity (Wildman–Crippen MR) is 111 cm³/mol. The maximum absolute atomic E-state index is 12.9. The zero-order valence-electron chi connectivity index (χ0n) is 16.9. The summed E-state index contributed by atoms with van der Waals surface area (Å²) in [5, 5.41) is 6.95. The van der Waals surface area contributed by atoms with Crippen LogP contribution in [-0.2, 0) is 4.79 Å².